The topological polar surface area (TPSA) is 55.1 Å². The zero-order chi connectivity index (χ0) is 10.1. The van der Waals surface area contributed by atoms with Crippen LogP contribution in [0.4, 0.5) is 0 Å². The van der Waals surface area contributed by atoms with Crippen LogP contribution in [0.1, 0.15) is 33.1 Å². The Hall–Kier alpha value is -0.830. The molecule has 0 spiro atoms. The van der Waals surface area contributed by atoms with Gasteiger partial charge >= 0.3 is 0 Å². The molecule has 0 aromatic rings. The molecule has 76 valence electrons. The molecular formula is C10H20N2O. The summed E-state index contributed by atoms with van der Waals surface area (Å²) >= 11 is 0. The molecule has 0 atom stereocenters. The summed E-state index contributed by atoms with van der Waals surface area (Å²) in [5, 5.41) is 3.25. The largest absolute Gasteiger partial charge is 0.366 e. The Morgan fingerprint density at radius 1 is 1.46 bits per heavy atom. The molecule has 0 unspecified atom stereocenters. The van der Waals surface area contributed by atoms with Crippen LogP contribution in [0.5, 0.6) is 0 Å². The van der Waals surface area contributed by atoms with E-state index in [2.05, 4.69) is 12.2 Å². The molecule has 0 fully saturated rings. The molecule has 0 heterocycles. The van der Waals surface area contributed by atoms with E-state index in [1.54, 1.807) is 6.92 Å². The normalized spacial score (nSPS) is 11.7. The molecule has 0 aliphatic heterocycles. The number of unbranched alkanes of at least 4 members (excludes halogenated alkanes) is 2. The molecule has 0 aliphatic carbocycles. The SMILES string of the molecule is CCNCCCCC=C(C)C(N)=O. The summed E-state index contributed by atoms with van der Waals surface area (Å²) in [6.07, 6.45) is 5.11. The second-order valence-corrected chi connectivity index (χ2v) is 3.10. The van der Waals surface area contributed by atoms with Crippen molar-refractivity contribution in [1.82, 2.24) is 5.32 Å². The molecule has 0 bridgehead atoms. The van der Waals surface area contributed by atoms with E-state index in [0.717, 1.165) is 32.4 Å². The lowest BCUT2D eigenvalue weighted by atomic mass is 10.1. The highest BCUT2D eigenvalue weighted by Crippen LogP contribution is 1.99. The van der Waals surface area contributed by atoms with Crippen LogP contribution in [0.25, 0.3) is 0 Å². The van der Waals surface area contributed by atoms with Crippen molar-refractivity contribution >= 4 is 5.91 Å². The van der Waals surface area contributed by atoms with Gasteiger partial charge in [0.25, 0.3) is 0 Å². The highest BCUT2D eigenvalue weighted by atomic mass is 16.1. The van der Waals surface area contributed by atoms with Crippen molar-refractivity contribution in [2.24, 2.45) is 5.73 Å². The van der Waals surface area contributed by atoms with Crippen molar-refractivity contribution in [3.8, 4) is 0 Å². The van der Waals surface area contributed by atoms with Crippen molar-refractivity contribution in [3.05, 3.63) is 11.6 Å². The molecule has 13 heavy (non-hydrogen) atoms. The van der Waals surface area contributed by atoms with E-state index in [-0.39, 0.29) is 5.91 Å². The smallest absolute Gasteiger partial charge is 0.244 e. The van der Waals surface area contributed by atoms with Crippen LogP contribution in [0, 0.1) is 0 Å². The van der Waals surface area contributed by atoms with Crippen LogP contribution < -0.4 is 11.1 Å². The first-order chi connectivity index (χ1) is 6.18. The lowest BCUT2D eigenvalue weighted by molar-refractivity contribution is -0.114. The number of carbonyl (C=O) groups is 1. The first-order valence-corrected chi connectivity index (χ1v) is 4.85. The molecule has 0 radical (unpaired) electrons. The number of rotatable bonds is 7. The zero-order valence-electron chi connectivity index (χ0n) is 8.60. The Morgan fingerprint density at radius 2 is 2.15 bits per heavy atom. The standard InChI is InChI=1S/C10H20N2O/c1-3-12-8-6-4-5-7-9(2)10(11)13/h7,12H,3-6,8H2,1-2H3,(H2,11,13). The van der Waals surface area contributed by atoms with Gasteiger partial charge in [0.2, 0.25) is 5.91 Å². The maximum atomic E-state index is 10.6. The fourth-order valence-corrected chi connectivity index (χ4v) is 0.990. The van der Waals surface area contributed by atoms with Crippen molar-refractivity contribution in [3.63, 3.8) is 0 Å². The van der Waals surface area contributed by atoms with E-state index in [1.165, 1.54) is 0 Å². The third-order valence-electron chi connectivity index (χ3n) is 1.90. The Labute approximate surface area is 80.4 Å². The third kappa shape index (κ3) is 7.53. The number of primary amides is 1. The van der Waals surface area contributed by atoms with Crippen LogP contribution in [0.15, 0.2) is 11.6 Å². The van der Waals surface area contributed by atoms with E-state index < -0.39 is 0 Å². The molecule has 0 aliphatic rings. The minimum atomic E-state index is -0.313. The Kier molecular flexibility index (Phi) is 7.30. The Morgan fingerprint density at radius 3 is 2.69 bits per heavy atom. The zero-order valence-corrected chi connectivity index (χ0v) is 8.60. The molecule has 0 saturated carbocycles. The van der Waals surface area contributed by atoms with Gasteiger partial charge in [-0.15, -0.1) is 0 Å². The van der Waals surface area contributed by atoms with Crippen molar-refractivity contribution in [1.29, 1.82) is 0 Å². The van der Waals surface area contributed by atoms with Gasteiger partial charge in [-0.05, 0) is 39.3 Å². The lowest BCUT2D eigenvalue weighted by Crippen LogP contribution is -2.13. The van der Waals surface area contributed by atoms with Crippen molar-refractivity contribution in [2.75, 3.05) is 13.1 Å². The minimum Gasteiger partial charge on any atom is -0.366 e. The van der Waals surface area contributed by atoms with Gasteiger partial charge < -0.3 is 11.1 Å². The van der Waals surface area contributed by atoms with E-state index in [0.29, 0.717) is 5.57 Å². The summed E-state index contributed by atoms with van der Waals surface area (Å²) in [4.78, 5) is 10.6. The average Bonchev–Trinajstić information content (AvgIpc) is 2.10. The van der Waals surface area contributed by atoms with E-state index >= 15 is 0 Å². The van der Waals surface area contributed by atoms with Gasteiger partial charge in [0.15, 0.2) is 0 Å². The van der Waals surface area contributed by atoms with E-state index in [9.17, 15) is 4.79 Å². The average molecular weight is 184 g/mol. The highest BCUT2D eigenvalue weighted by Gasteiger charge is 1.94. The summed E-state index contributed by atoms with van der Waals surface area (Å²) in [5.41, 5.74) is 5.75. The van der Waals surface area contributed by atoms with Gasteiger partial charge in [0.1, 0.15) is 0 Å². The Balaban J connectivity index is 3.34. The summed E-state index contributed by atoms with van der Waals surface area (Å²) in [7, 11) is 0. The molecule has 0 aromatic carbocycles. The monoisotopic (exact) mass is 184 g/mol. The molecule has 0 saturated heterocycles. The fraction of sp³-hybridized carbons (Fsp3) is 0.700. The van der Waals surface area contributed by atoms with E-state index in [1.807, 2.05) is 6.08 Å². The number of hydrogen-bond acceptors (Lipinski definition) is 2. The molecule has 0 rings (SSSR count). The van der Waals surface area contributed by atoms with Gasteiger partial charge in [-0.1, -0.05) is 13.0 Å². The summed E-state index contributed by atoms with van der Waals surface area (Å²) in [6, 6.07) is 0. The molecule has 0 aromatic heterocycles. The second-order valence-electron chi connectivity index (χ2n) is 3.10. The van der Waals surface area contributed by atoms with Gasteiger partial charge in [0, 0.05) is 5.57 Å². The van der Waals surface area contributed by atoms with Crippen LogP contribution in [0.3, 0.4) is 0 Å². The van der Waals surface area contributed by atoms with Crippen molar-refractivity contribution in [2.45, 2.75) is 33.1 Å². The quantitative estimate of drug-likeness (QED) is 0.461. The van der Waals surface area contributed by atoms with Gasteiger partial charge in [-0.25, -0.2) is 0 Å². The van der Waals surface area contributed by atoms with Crippen molar-refractivity contribution < 1.29 is 4.79 Å². The molecule has 1 amide bonds. The van der Waals surface area contributed by atoms with Gasteiger partial charge in [-0.3, -0.25) is 4.79 Å². The Bertz CT molecular complexity index is 176. The van der Waals surface area contributed by atoms with Gasteiger partial charge in [-0.2, -0.15) is 0 Å². The van der Waals surface area contributed by atoms with Gasteiger partial charge in [0.05, 0.1) is 0 Å². The summed E-state index contributed by atoms with van der Waals surface area (Å²) in [5.74, 6) is -0.313. The summed E-state index contributed by atoms with van der Waals surface area (Å²) < 4.78 is 0. The highest BCUT2D eigenvalue weighted by molar-refractivity contribution is 5.91. The maximum Gasteiger partial charge on any atom is 0.244 e. The predicted molar refractivity (Wildman–Crippen MR) is 55.3 cm³/mol. The third-order valence-corrected chi connectivity index (χ3v) is 1.90. The number of amides is 1. The predicted octanol–water partition coefficient (Wildman–Crippen LogP) is 1.20. The lowest BCUT2D eigenvalue weighted by Gasteiger charge is -1.99. The number of hydrogen-bond donors (Lipinski definition) is 2. The van der Waals surface area contributed by atoms with Crippen LogP contribution in [-0.2, 0) is 4.79 Å². The van der Waals surface area contributed by atoms with Crippen LogP contribution in [0.2, 0.25) is 0 Å². The number of nitrogens with two attached hydrogens (primary N) is 1. The summed E-state index contributed by atoms with van der Waals surface area (Å²) in [6.45, 7) is 5.93. The first kappa shape index (κ1) is 12.2. The van der Waals surface area contributed by atoms with Crippen LogP contribution in [-0.4, -0.2) is 19.0 Å². The molecule has 3 nitrogen and oxygen atoms in total. The first-order valence-electron chi connectivity index (χ1n) is 4.85. The maximum absolute atomic E-state index is 10.6. The second kappa shape index (κ2) is 7.80. The molecule has 3 heteroatoms. The number of carbonyl (C=O) groups excluding carboxylic acids is 1. The van der Waals surface area contributed by atoms with E-state index in [4.69, 9.17) is 5.73 Å². The minimum absolute atomic E-state index is 0.313. The number of nitrogens with one attached hydrogen (secondary N) is 1. The van der Waals surface area contributed by atoms with Crippen LogP contribution >= 0.6 is 0 Å². The fourth-order valence-electron chi connectivity index (χ4n) is 0.990. The number of allylic oxidation sites excluding steroid dienone is 1. The molecular weight excluding hydrogens is 164 g/mol. The molecule has 3 N–H and O–H groups in total.